The van der Waals surface area contributed by atoms with Crippen LogP contribution in [0.1, 0.15) is 46.0 Å². The zero-order chi connectivity index (χ0) is 15.2. The molecule has 21 heavy (non-hydrogen) atoms. The van der Waals surface area contributed by atoms with Crippen LogP contribution >= 0.6 is 0 Å². The average Bonchev–Trinajstić information content (AvgIpc) is 2.45. The standard InChI is InChI=1S/C14H22N4O3/c1-3-7-15-13-12(18(19)20)14(17-9-16-13)21-11-6-4-5-10(2)8-11/h9-11H,3-8H2,1-2H3,(H,15,16,17). The number of nitrogens with zero attached hydrogens (tertiary/aromatic N) is 3. The van der Waals surface area contributed by atoms with Crippen molar-refractivity contribution in [2.24, 2.45) is 5.92 Å². The molecule has 1 aromatic heterocycles. The van der Waals surface area contributed by atoms with E-state index in [2.05, 4.69) is 22.2 Å². The molecule has 2 rings (SSSR count). The van der Waals surface area contributed by atoms with Crippen molar-refractivity contribution in [1.29, 1.82) is 0 Å². The lowest BCUT2D eigenvalue weighted by molar-refractivity contribution is -0.385. The Morgan fingerprint density at radius 3 is 2.95 bits per heavy atom. The maximum Gasteiger partial charge on any atom is 0.372 e. The Labute approximate surface area is 124 Å². The van der Waals surface area contributed by atoms with Crippen molar-refractivity contribution in [2.45, 2.75) is 52.1 Å². The highest BCUT2D eigenvalue weighted by atomic mass is 16.6. The molecule has 2 atom stereocenters. The first-order valence-corrected chi connectivity index (χ1v) is 7.51. The summed E-state index contributed by atoms with van der Waals surface area (Å²) < 4.78 is 5.81. The van der Waals surface area contributed by atoms with E-state index in [0.29, 0.717) is 12.5 Å². The van der Waals surface area contributed by atoms with Crippen LogP contribution < -0.4 is 10.1 Å². The Kier molecular flexibility index (Phi) is 5.30. The summed E-state index contributed by atoms with van der Waals surface area (Å²) in [6, 6.07) is 0. The van der Waals surface area contributed by atoms with E-state index in [1.165, 1.54) is 12.7 Å². The van der Waals surface area contributed by atoms with E-state index in [9.17, 15) is 10.1 Å². The number of hydrogen-bond acceptors (Lipinski definition) is 6. The minimum absolute atomic E-state index is 0.00127. The summed E-state index contributed by atoms with van der Waals surface area (Å²) in [6.45, 7) is 4.79. The van der Waals surface area contributed by atoms with Gasteiger partial charge in [-0.2, -0.15) is 4.98 Å². The summed E-state index contributed by atoms with van der Waals surface area (Å²) >= 11 is 0. The lowest BCUT2D eigenvalue weighted by Crippen LogP contribution is -2.25. The van der Waals surface area contributed by atoms with Crippen LogP contribution in [0.25, 0.3) is 0 Å². The number of ether oxygens (including phenoxy) is 1. The highest BCUT2D eigenvalue weighted by Crippen LogP contribution is 2.34. The second kappa shape index (κ2) is 7.19. The van der Waals surface area contributed by atoms with E-state index in [4.69, 9.17) is 4.74 Å². The van der Waals surface area contributed by atoms with Crippen LogP contribution in [0, 0.1) is 16.0 Å². The fourth-order valence-electron chi connectivity index (χ4n) is 2.63. The van der Waals surface area contributed by atoms with Crippen LogP contribution in [0.15, 0.2) is 6.33 Å². The van der Waals surface area contributed by atoms with Crippen LogP contribution in [0.2, 0.25) is 0 Å². The molecule has 2 unspecified atom stereocenters. The molecule has 116 valence electrons. The Morgan fingerprint density at radius 1 is 1.48 bits per heavy atom. The van der Waals surface area contributed by atoms with Gasteiger partial charge in [0.1, 0.15) is 12.4 Å². The number of rotatable bonds is 6. The van der Waals surface area contributed by atoms with Gasteiger partial charge in [0, 0.05) is 6.54 Å². The average molecular weight is 294 g/mol. The molecular formula is C14H22N4O3. The largest absolute Gasteiger partial charge is 0.469 e. The summed E-state index contributed by atoms with van der Waals surface area (Å²) in [6.07, 6.45) is 6.29. The molecule has 0 radical (unpaired) electrons. The normalized spacial score (nSPS) is 21.8. The van der Waals surface area contributed by atoms with E-state index < -0.39 is 4.92 Å². The number of anilines is 1. The Balaban J connectivity index is 2.19. The van der Waals surface area contributed by atoms with Gasteiger partial charge in [0.05, 0.1) is 4.92 Å². The number of aromatic nitrogens is 2. The van der Waals surface area contributed by atoms with Gasteiger partial charge in [-0.05, 0) is 31.6 Å². The number of nitrogens with one attached hydrogen (secondary N) is 1. The summed E-state index contributed by atoms with van der Waals surface area (Å²) in [5.41, 5.74) is -0.163. The summed E-state index contributed by atoms with van der Waals surface area (Å²) in [5.74, 6) is 0.894. The maximum absolute atomic E-state index is 11.3. The SMILES string of the molecule is CCCNc1ncnc(OC2CCCC(C)C2)c1[N+](=O)[O-]. The van der Waals surface area contributed by atoms with E-state index in [-0.39, 0.29) is 23.5 Å². The number of nitro groups is 1. The molecule has 1 aliphatic rings. The van der Waals surface area contributed by atoms with Crippen molar-refractivity contribution in [3.8, 4) is 5.88 Å². The van der Waals surface area contributed by atoms with Crippen molar-refractivity contribution < 1.29 is 9.66 Å². The van der Waals surface area contributed by atoms with E-state index in [1.54, 1.807) is 0 Å². The molecule has 0 saturated heterocycles. The molecule has 1 aromatic rings. The highest BCUT2D eigenvalue weighted by Gasteiger charge is 2.28. The van der Waals surface area contributed by atoms with Crippen LogP contribution in [-0.2, 0) is 0 Å². The molecule has 7 heteroatoms. The van der Waals surface area contributed by atoms with Crippen molar-refractivity contribution in [3.05, 3.63) is 16.4 Å². The molecule has 1 saturated carbocycles. The minimum Gasteiger partial charge on any atom is -0.469 e. The smallest absolute Gasteiger partial charge is 0.372 e. The molecule has 1 N–H and O–H groups in total. The summed E-state index contributed by atoms with van der Waals surface area (Å²) in [4.78, 5) is 18.8. The predicted octanol–water partition coefficient (Wildman–Crippen LogP) is 3.16. The first kappa shape index (κ1) is 15.5. The fraction of sp³-hybridized carbons (Fsp3) is 0.714. The predicted molar refractivity (Wildman–Crippen MR) is 79.5 cm³/mol. The third-order valence-electron chi connectivity index (χ3n) is 3.68. The fourth-order valence-corrected chi connectivity index (χ4v) is 2.63. The monoisotopic (exact) mass is 294 g/mol. The van der Waals surface area contributed by atoms with E-state index in [0.717, 1.165) is 25.7 Å². The van der Waals surface area contributed by atoms with Crippen LogP contribution in [-0.4, -0.2) is 27.5 Å². The molecule has 1 aliphatic carbocycles. The van der Waals surface area contributed by atoms with Crippen molar-refractivity contribution in [3.63, 3.8) is 0 Å². The topological polar surface area (TPSA) is 90.2 Å². The number of hydrogen-bond donors (Lipinski definition) is 1. The molecule has 7 nitrogen and oxygen atoms in total. The zero-order valence-corrected chi connectivity index (χ0v) is 12.5. The highest BCUT2D eigenvalue weighted by molar-refractivity contribution is 5.61. The molecule has 0 aliphatic heterocycles. The molecule has 0 aromatic carbocycles. The molecule has 0 amide bonds. The van der Waals surface area contributed by atoms with Gasteiger partial charge in [-0.3, -0.25) is 10.1 Å². The lowest BCUT2D eigenvalue weighted by Gasteiger charge is -2.26. The van der Waals surface area contributed by atoms with Gasteiger partial charge in [0.2, 0.25) is 5.82 Å². The second-order valence-corrected chi connectivity index (χ2v) is 5.57. The van der Waals surface area contributed by atoms with Gasteiger partial charge < -0.3 is 10.1 Å². The first-order chi connectivity index (χ1) is 10.1. The Morgan fingerprint density at radius 2 is 2.29 bits per heavy atom. The minimum atomic E-state index is -0.473. The summed E-state index contributed by atoms with van der Waals surface area (Å²) in [5, 5.41) is 14.3. The molecule has 0 spiro atoms. The van der Waals surface area contributed by atoms with Gasteiger partial charge >= 0.3 is 5.69 Å². The third kappa shape index (κ3) is 4.03. The van der Waals surface area contributed by atoms with Crippen LogP contribution in [0.5, 0.6) is 5.88 Å². The zero-order valence-electron chi connectivity index (χ0n) is 12.5. The van der Waals surface area contributed by atoms with E-state index >= 15 is 0 Å². The van der Waals surface area contributed by atoms with Gasteiger partial charge in [-0.25, -0.2) is 4.98 Å². The quantitative estimate of drug-likeness (QED) is 0.640. The Bertz CT molecular complexity index is 495. The van der Waals surface area contributed by atoms with Gasteiger partial charge in [0.25, 0.3) is 5.88 Å². The van der Waals surface area contributed by atoms with Gasteiger partial charge in [-0.1, -0.05) is 20.3 Å². The van der Waals surface area contributed by atoms with Crippen molar-refractivity contribution in [1.82, 2.24) is 9.97 Å². The molecular weight excluding hydrogens is 272 g/mol. The third-order valence-corrected chi connectivity index (χ3v) is 3.68. The van der Waals surface area contributed by atoms with Crippen molar-refractivity contribution in [2.75, 3.05) is 11.9 Å². The van der Waals surface area contributed by atoms with Crippen LogP contribution in [0.4, 0.5) is 11.5 Å². The van der Waals surface area contributed by atoms with Crippen molar-refractivity contribution >= 4 is 11.5 Å². The van der Waals surface area contributed by atoms with Gasteiger partial charge in [0.15, 0.2) is 0 Å². The Hall–Kier alpha value is -1.92. The lowest BCUT2D eigenvalue weighted by atomic mass is 9.89. The molecule has 1 fully saturated rings. The van der Waals surface area contributed by atoms with Gasteiger partial charge in [-0.15, -0.1) is 0 Å². The van der Waals surface area contributed by atoms with E-state index in [1.807, 2.05) is 6.92 Å². The maximum atomic E-state index is 11.3. The second-order valence-electron chi connectivity index (χ2n) is 5.57. The summed E-state index contributed by atoms with van der Waals surface area (Å²) in [7, 11) is 0. The van der Waals surface area contributed by atoms with Crippen LogP contribution in [0.3, 0.4) is 0 Å². The first-order valence-electron chi connectivity index (χ1n) is 7.51. The molecule has 0 bridgehead atoms. The molecule has 1 heterocycles.